The first-order valence-electron chi connectivity index (χ1n) is 14.6. The molecule has 8 nitrogen and oxygen atoms in total. The fourth-order valence-electron chi connectivity index (χ4n) is 6.69. The predicted octanol–water partition coefficient (Wildman–Crippen LogP) is 4.36. The normalized spacial score (nSPS) is 15.3. The summed E-state index contributed by atoms with van der Waals surface area (Å²) in [5.41, 5.74) is 4.14. The van der Waals surface area contributed by atoms with Gasteiger partial charge in [0.25, 0.3) is 5.56 Å². The van der Waals surface area contributed by atoms with Gasteiger partial charge in [-0.25, -0.2) is 4.79 Å². The van der Waals surface area contributed by atoms with Crippen LogP contribution in [0.25, 0.3) is 21.9 Å². The molecular weight excluding hydrogens is 528 g/mol. The Bertz CT molecular complexity index is 1860. The molecule has 0 unspecified atom stereocenters. The second kappa shape index (κ2) is 11.4. The molecule has 3 aromatic carbocycles. The lowest BCUT2D eigenvalue weighted by Crippen LogP contribution is -2.37. The van der Waals surface area contributed by atoms with E-state index in [2.05, 4.69) is 5.32 Å². The van der Waals surface area contributed by atoms with Crippen LogP contribution in [0.4, 0.5) is 0 Å². The van der Waals surface area contributed by atoms with Gasteiger partial charge in [0.05, 0.1) is 29.6 Å². The highest BCUT2D eigenvalue weighted by Crippen LogP contribution is 2.38. The minimum absolute atomic E-state index is 0.0654. The highest BCUT2D eigenvalue weighted by atomic mass is 16.3. The number of nitrogens with zero attached hydrogens (tertiary/aromatic N) is 3. The van der Waals surface area contributed by atoms with Crippen LogP contribution >= 0.6 is 0 Å². The number of aryl methyl sites for hydroxylation is 1. The van der Waals surface area contributed by atoms with Crippen LogP contribution in [0.3, 0.4) is 0 Å². The average molecular weight is 565 g/mol. The topological polar surface area (TPSA) is 98.3 Å². The summed E-state index contributed by atoms with van der Waals surface area (Å²) in [7, 11) is 3.21. The van der Waals surface area contributed by atoms with Crippen molar-refractivity contribution < 1.29 is 9.90 Å². The number of fused-ring (bicyclic) bond motifs is 3. The van der Waals surface area contributed by atoms with Gasteiger partial charge in [0.2, 0.25) is 5.91 Å². The van der Waals surface area contributed by atoms with Gasteiger partial charge < -0.3 is 15.0 Å². The average Bonchev–Trinajstić information content (AvgIpc) is 3.66. The van der Waals surface area contributed by atoms with Crippen molar-refractivity contribution in [3.8, 4) is 0 Å². The van der Waals surface area contributed by atoms with E-state index in [4.69, 9.17) is 0 Å². The van der Waals surface area contributed by atoms with E-state index in [0.717, 1.165) is 57.8 Å². The largest absolute Gasteiger partial charge is 0.394 e. The molecule has 1 amide bonds. The van der Waals surface area contributed by atoms with Crippen LogP contribution in [0.2, 0.25) is 0 Å². The Morgan fingerprint density at radius 1 is 0.857 bits per heavy atom. The minimum atomic E-state index is -0.462. The Balaban J connectivity index is 1.34. The van der Waals surface area contributed by atoms with Crippen LogP contribution in [0.5, 0.6) is 0 Å². The van der Waals surface area contributed by atoms with E-state index < -0.39 is 6.04 Å². The molecule has 2 heterocycles. The van der Waals surface area contributed by atoms with Gasteiger partial charge in [-0.3, -0.25) is 18.7 Å². The third kappa shape index (κ3) is 4.86. The molecule has 216 valence electrons. The van der Waals surface area contributed by atoms with E-state index in [0.29, 0.717) is 17.6 Å². The van der Waals surface area contributed by atoms with Crippen molar-refractivity contribution in [3.05, 3.63) is 116 Å². The lowest BCUT2D eigenvalue weighted by atomic mass is 9.83. The Morgan fingerprint density at radius 3 is 2.21 bits per heavy atom. The highest BCUT2D eigenvalue weighted by Gasteiger charge is 2.33. The third-order valence-electron chi connectivity index (χ3n) is 8.89. The molecule has 0 aliphatic heterocycles. The first-order chi connectivity index (χ1) is 20.4. The number of para-hydroxylation sites is 1. The van der Waals surface area contributed by atoms with Crippen LogP contribution in [-0.4, -0.2) is 31.3 Å². The number of carbonyl (C=O) groups excluding carboxylic acids is 1. The van der Waals surface area contributed by atoms with Crippen molar-refractivity contribution in [2.75, 3.05) is 6.61 Å². The predicted molar refractivity (Wildman–Crippen MR) is 165 cm³/mol. The number of amides is 1. The Hall–Kier alpha value is -4.43. The summed E-state index contributed by atoms with van der Waals surface area (Å²) >= 11 is 0. The van der Waals surface area contributed by atoms with Gasteiger partial charge in [-0.05, 0) is 41.5 Å². The number of nitrogens with one attached hydrogen (secondary N) is 1. The van der Waals surface area contributed by atoms with Crippen LogP contribution in [0.15, 0.2) is 88.5 Å². The molecule has 1 aliphatic rings. The van der Waals surface area contributed by atoms with Crippen molar-refractivity contribution in [1.82, 2.24) is 19.0 Å². The fraction of sp³-hybridized carbons (Fsp3) is 0.324. The molecule has 1 fully saturated rings. The van der Waals surface area contributed by atoms with Crippen LogP contribution in [0.1, 0.15) is 54.3 Å². The molecule has 42 heavy (non-hydrogen) atoms. The van der Waals surface area contributed by atoms with Gasteiger partial charge in [-0.1, -0.05) is 85.6 Å². The number of hydrogen-bond donors (Lipinski definition) is 2. The monoisotopic (exact) mass is 564 g/mol. The van der Waals surface area contributed by atoms with Crippen LogP contribution < -0.4 is 16.6 Å². The zero-order valence-electron chi connectivity index (χ0n) is 24.0. The van der Waals surface area contributed by atoms with Crippen molar-refractivity contribution in [1.29, 1.82) is 0 Å². The second-order valence-corrected chi connectivity index (χ2v) is 11.4. The number of rotatable bonds is 8. The van der Waals surface area contributed by atoms with E-state index in [1.165, 1.54) is 7.05 Å². The zero-order valence-corrected chi connectivity index (χ0v) is 24.0. The lowest BCUT2D eigenvalue weighted by molar-refractivity contribution is -0.124. The summed E-state index contributed by atoms with van der Waals surface area (Å²) in [5.74, 6) is -0.133. The number of carbonyl (C=O) groups is 1. The van der Waals surface area contributed by atoms with Crippen molar-refractivity contribution >= 4 is 27.8 Å². The summed E-state index contributed by atoms with van der Waals surface area (Å²) in [4.78, 5) is 39.8. The first kappa shape index (κ1) is 27.7. The zero-order chi connectivity index (χ0) is 29.4. The van der Waals surface area contributed by atoms with Crippen molar-refractivity contribution in [3.63, 3.8) is 0 Å². The van der Waals surface area contributed by atoms with E-state index in [-0.39, 0.29) is 35.6 Å². The quantitative estimate of drug-likeness (QED) is 0.293. The molecule has 8 heteroatoms. The molecule has 1 saturated carbocycles. The smallest absolute Gasteiger partial charge is 0.331 e. The van der Waals surface area contributed by atoms with Crippen LogP contribution in [-0.2, 0) is 25.4 Å². The van der Waals surface area contributed by atoms with E-state index in [1.54, 1.807) is 11.6 Å². The molecule has 1 aliphatic carbocycles. The van der Waals surface area contributed by atoms with Gasteiger partial charge in [-0.2, -0.15) is 0 Å². The number of benzene rings is 3. The Kier molecular flexibility index (Phi) is 7.56. The number of aromatic nitrogens is 3. The molecule has 6 rings (SSSR count). The van der Waals surface area contributed by atoms with Gasteiger partial charge >= 0.3 is 5.69 Å². The number of aliphatic hydroxyl groups excluding tert-OH is 1. The number of hydrogen-bond acceptors (Lipinski definition) is 4. The third-order valence-corrected chi connectivity index (χ3v) is 8.89. The van der Waals surface area contributed by atoms with Crippen molar-refractivity contribution in [2.24, 2.45) is 20.0 Å². The van der Waals surface area contributed by atoms with Gasteiger partial charge in [0.1, 0.15) is 5.52 Å². The maximum atomic E-state index is 13.7. The maximum absolute atomic E-state index is 13.7. The molecular formula is C34H36N4O4. The van der Waals surface area contributed by atoms with E-state index in [1.807, 2.05) is 83.4 Å². The molecule has 2 aromatic heterocycles. The minimum Gasteiger partial charge on any atom is -0.394 e. The lowest BCUT2D eigenvalue weighted by Gasteiger charge is -2.26. The molecule has 5 aromatic rings. The van der Waals surface area contributed by atoms with E-state index in [9.17, 15) is 19.5 Å². The van der Waals surface area contributed by atoms with Crippen LogP contribution in [0, 0.1) is 5.92 Å². The molecule has 2 N–H and O–H groups in total. The standard InChI is InChI=1S/C34H36N4O4/c1-36-30-26-14-8-9-15-28(26)38(31(30)33(41)37(2)34(36)42)20-22-16-18-25(19-17-22)29(24-12-6-7-13-24)32(40)35-27(21-39)23-10-4-3-5-11-23/h3-5,8-11,14-19,24,27,29,39H,6-7,12-13,20-21H2,1-2H3,(H,35,40)/t27-,29-/m0/s1. The number of aliphatic hydroxyl groups is 1. The highest BCUT2D eigenvalue weighted by molar-refractivity contribution is 6.05. The second-order valence-electron chi connectivity index (χ2n) is 11.4. The summed E-state index contributed by atoms with van der Waals surface area (Å²) in [6.07, 6.45) is 4.22. The Labute approximate surface area is 243 Å². The van der Waals surface area contributed by atoms with Gasteiger partial charge in [-0.15, -0.1) is 0 Å². The summed E-state index contributed by atoms with van der Waals surface area (Å²) in [5, 5.41) is 14.0. The van der Waals surface area contributed by atoms with Crippen molar-refractivity contribution in [2.45, 2.75) is 44.2 Å². The summed E-state index contributed by atoms with van der Waals surface area (Å²) in [6, 6.07) is 25.0. The van der Waals surface area contributed by atoms with Gasteiger partial charge in [0.15, 0.2) is 0 Å². The van der Waals surface area contributed by atoms with E-state index >= 15 is 0 Å². The molecule has 0 spiro atoms. The van der Waals surface area contributed by atoms with Gasteiger partial charge in [0, 0.05) is 26.0 Å². The summed E-state index contributed by atoms with van der Waals surface area (Å²) in [6.45, 7) is 0.272. The molecule has 0 radical (unpaired) electrons. The molecule has 2 atom stereocenters. The maximum Gasteiger partial charge on any atom is 0.331 e. The first-order valence-corrected chi connectivity index (χ1v) is 14.6. The summed E-state index contributed by atoms with van der Waals surface area (Å²) < 4.78 is 4.67. The SMILES string of the molecule is Cn1c(=O)c2c(c3ccccc3n2Cc2ccc([C@@H](C(=O)N[C@@H](CO)c3ccccc3)C3CCCC3)cc2)n(C)c1=O. The molecule has 0 saturated heterocycles. The fourth-order valence-corrected chi connectivity index (χ4v) is 6.69. The molecule has 0 bridgehead atoms. The Morgan fingerprint density at radius 2 is 1.52 bits per heavy atom.